The van der Waals surface area contributed by atoms with Crippen molar-refractivity contribution in [3.8, 4) is 0 Å². The number of rotatable bonds is 8. The van der Waals surface area contributed by atoms with Gasteiger partial charge in [0.15, 0.2) is 5.65 Å². The summed E-state index contributed by atoms with van der Waals surface area (Å²) in [6.45, 7) is 4.03. The average Bonchev–Trinajstić information content (AvgIpc) is 3.15. The molecule has 10 heteroatoms. The number of halogens is 1. The zero-order chi connectivity index (χ0) is 22.5. The SMILES string of the molecule is Cc1nc2c(C(N)=O)cnn2c(C)c1CCC(=O)NCCNC(=O)c1ccccc1F. The lowest BCUT2D eigenvalue weighted by Crippen LogP contribution is -2.35. The van der Waals surface area contributed by atoms with Crippen LogP contribution in [0.15, 0.2) is 30.5 Å². The molecule has 3 rings (SSSR count). The van der Waals surface area contributed by atoms with E-state index in [9.17, 15) is 18.8 Å². The highest BCUT2D eigenvalue weighted by molar-refractivity contribution is 5.98. The Morgan fingerprint density at radius 3 is 2.52 bits per heavy atom. The van der Waals surface area contributed by atoms with Gasteiger partial charge in [0.2, 0.25) is 5.91 Å². The van der Waals surface area contributed by atoms with E-state index in [1.54, 1.807) is 17.5 Å². The van der Waals surface area contributed by atoms with E-state index in [0.29, 0.717) is 17.8 Å². The monoisotopic (exact) mass is 426 g/mol. The Morgan fingerprint density at radius 2 is 1.81 bits per heavy atom. The largest absolute Gasteiger partial charge is 0.365 e. The average molecular weight is 426 g/mol. The van der Waals surface area contributed by atoms with Crippen LogP contribution >= 0.6 is 0 Å². The lowest BCUT2D eigenvalue weighted by Gasteiger charge is -2.12. The minimum atomic E-state index is -0.601. The van der Waals surface area contributed by atoms with E-state index in [1.165, 1.54) is 24.4 Å². The molecule has 3 aromatic rings. The minimum Gasteiger partial charge on any atom is -0.365 e. The zero-order valence-electron chi connectivity index (χ0n) is 17.2. The van der Waals surface area contributed by atoms with Gasteiger partial charge < -0.3 is 16.4 Å². The van der Waals surface area contributed by atoms with Crippen molar-refractivity contribution >= 4 is 23.4 Å². The normalized spacial score (nSPS) is 10.8. The maximum atomic E-state index is 13.6. The molecule has 2 heterocycles. The molecule has 0 atom stereocenters. The number of fused-ring (bicyclic) bond motifs is 1. The van der Waals surface area contributed by atoms with E-state index in [-0.39, 0.29) is 36.5 Å². The number of hydrogen-bond acceptors (Lipinski definition) is 5. The van der Waals surface area contributed by atoms with Crippen molar-refractivity contribution in [2.75, 3.05) is 13.1 Å². The second kappa shape index (κ2) is 9.33. The van der Waals surface area contributed by atoms with Crippen molar-refractivity contribution in [1.29, 1.82) is 0 Å². The molecule has 4 N–H and O–H groups in total. The Morgan fingerprint density at radius 1 is 1.10 bits per heavy atom. The summed E-state index contributed by atoms with van der Waals surface area (Å²) in [5, 5.41) is 9.45. The van der Waals surface area contributed by atoms with E-state index in [2.05, 4.69) is 20.7 Å². The number of amides is 3. The zero-order valence-corrected chi connectivity index (χ0v) is 17.2. The highest BCUT2D eigenvalue weighted by Gasteiger charge is 2.17. The second-order valence-electron chi connectivity index (χ2n) is 7.00. The third kappa shape index (κ3) is 4.85. The summed E-state index contributed by atoms with van der Waals surface area (Å²) >= 11 is 0. The molecule has 0 spiro atoms. The summed E-state index contributed by atoms with van der Waals surface area (Å²) in [6, 6.07) is 5.69. The first-order chi connectivity index (χ1) is 14.8. The van der Waals surface area contributed by atoms with Gasteiger partial charge in [0.05, 0.1) is 11.8 Å². The van der Waals surface area contributed by atoms with E-state index < -0.39 is 17.6 Å². The molecule has 0 radical (unpaired) electrons. The van der Waals surface area contributed by atoms with E-state index in [0.717, 1.165) is 11.3 Å². The number of carbonyl (C=O) groups excluding carboxylic acids is 3. The Hall–Kier alpha value is -3.82. The van der Waals surface area contributed by atoms with Gasteiger partial charge in [0.25, 0.3) is 11.8 Å². The van der Waals surface area contributed by atoms with Crippen molar-refractivity contribution in [3.05, 3.63) is 64.4 Å². The molecule has 1 aromatic carbocycles. The molecule has 0 aliphatic carbocycles. The minimum absolute atomic E-state index is 0.0409. The van der Waals surface area contributed by atoms with Crippen molar-refractivity contribution in [2.45, 2.75) is 26.7 Å². The predicted octanol–water partition coefficient (Wildman–Crippen LogP) is 1.06. The molecule has 0 saturated heterocycles. The molecule has 9 nitrogen and oxygen atoms in total. The third-order valence-corrected chi connectivity index (χ3v) is 4.93. The summed E-state index contributed by atoms with van der Waals surface area (Å²) in [5.74, 6) is -1.93. The fraction of sp³-hybridized carbons (Fsp3) is 0.286. The van der Waals surface area contributed by atoms with E-state index >= 15 is 0 Å². The number of nitrogens with one attached hydrogen (secondary N) is 2. The second-order valence-corrected chi connectivity index (χ2v) is 7.00. The number of hydrogen-bond donors (Lipinski definition) is 3. The van der Waals surface area contributed by atoms with Crippen molar-refractivity contribution in [3.63, 3.8) is 0 Å². The number of nitrogens with two attached hydrogens (primary N) is 1. The number of carbonyl (C=O) groups is 3. The fourth-order valence-corrected chi connectivity index (χ4v) is 3.29. The van der Waals surface area contributed by atoms with Crippen LogP contribution < -0.4 is 16.4 Å². The maximum absolute atomic E-state index is 13.6. The van der Waals surface area contributed by atoms with E-state index in [1.807, 2.05) is 6.92 Å². The highest BCUT2D eigenvalue weighted by atomic mass is 19.1. The van der Waals surface area contributed by atoms with Gasteiger partial charge in [-0.3, -0.25) is 14.4 Å². The first-order valence-corrected chi connectivity index (χ1v) is 9.72. The van der Waals surface area contributed by atoms with Gasteiger partial charge in [0.1, 0.15) is 11.4 Å². The van der Waals surface area contributed by atoms with Gasteiger partial charge in [-0.25, -0.2) is 13.9 Å². The van der Waals surface area contributed by atoms with Crippen molar-refractivity contribution < 1.29 is 18.8 Å². The van der Waals surface area contributed by atoms with Crippen LogP contribution in [0.2, 0.25) is 0 Å². The highest BCUT2D eigenvalue weighted by Crippen LogP contribution is 2.18. The van der Waals surface area contributed by atoms with Gasteiger partial charge in [-0.05, 0) is 38.0 Å². The van der Waals surface area contributed by atoms with Gasteiger partial charge in [-0.2, -0.15) is 5.10 Å². The van der Waals surface area contributed by atoms with Crippen LogP contribution in [0.3, 0.4) is 0 Å². The summed E-state index contributed by atoms with van der Waals surface area (Å²) in [6.07, 6.45) is 2.02. The Balaban J connectivity index is 1.52. The molecule has 0 saturated carbocycles. The molecular formula is C21H23FN6O3. The van der Waals surface area contributed by atoms with Crippen molar-refractivity contribution in [2.24, 2.45) is 5.73 Å². The Kier molecular flexibility index (Phi) is 6.58. The van der Waals surface area contributed by atoms with Crippen LogP contribution in [-0.2, 0) is 11.2 Å². The summed E-state index contributed by atoms with van der Waals surface area (Å²) in [7, 11) is 0. The topological polar surface area (TPSA) is 131 Å². The van der Waals surface area contributed by atoms with Crippen LogP contribution in [0.4, 0.5) is 4.39 Å². The number of aryl methyl sites for hydroxylation is 2. The van der Waals surface area contributed by atoms with Crippen LogP contribution in [-0.4, -0.2) is 45.4 Å². The molecule has 0 unspecified atom stereocenters. The maximum Gasteiger partial charge on any atom is 0.254 e. The number of nitrogens with zero attached hydrogens (tertiary/aromatic N) is 3. The third-order valence-electron chi connectivity index (χ3n) is 4.93. The lowest BCUT2D eigenvalue weighted by molar-refractivity contribution is -0.121. The first kappa shape index (κ1) is 21.9. The smallest absolute Gasteiger partial charge is 0.254 e. The van der Waals surface area contributed by atoms with Crippen LogP contribution in [0.1, 0.15) is 44.1 Å². The van der Waals surface area contributed by atoms with Crippen LogP contribution in [0.5, 0.6) is 0 Å². The van der Waals surface area contributed by atoms with Crippen molar-refractivity contribution in [1.82, 2.24) is 25.2 Å². The first-order valence-electron chi connectivity index (χ1n) is 9.72. The molecular weight excluding hydrogens is 403 g/mol. The number of benzene rings is 1. The van der Waals surface area contributed by atoms with Gasteiger partial charge >= 0.3 is 0 Å². The van der Waals surface area contributed by atoms with Crippen LogP contribution in [0.25, 0.3) is 5.65 Å². The van der Waals surface area contributed by atoms with Gasteiger partial charge in [-0.15, -0.1) is 0 Å². The standard InChI is InChI=1S/C21H23FN6O3/c1-12-14(13(2)28-20(27-12)16(11-26-28)19(23)30)7-8-18(29)24-9-10-25-21(31)15-5-3-4-6-17(15)22/h3-6,11H,7-10H2,1-2H3,(H2,23,30)(H,24,29)(H,25,31). The van der Waals surface area contributed by atoms with Crippen LogP contribution in [0, 0.1) is 19.7 Å². The molecule has 31 heavy (non-hydrogen) atoms. The molecule has 0 fully saturated rings. The summed E-state index contributed by atoms with van der Waals surface area (Å²) in [5.41, 5.74) is 8.27. The molecule has 0 aliphatic rings. The molecule has 2 aromatic heterocycles. The number of aromatic nitrogens is 3. The predicted molar refractivity (Wildman–Crippen MR) is 111 cm³/mol. The summed E-state index contributed by atoms with van der Waals surface area (Å²) in [4.78, 5) is 40.0. The lowest BCUT2D eigenvalue weighted by atomic mass is 10.1. The number of primary amides is 1. The Labute approximate surface area is 177 Å². The Bertz CT molecular complexity index is 1160. The van der Waals surface area contributed by atoms with Gasteiger partial charge in [-0.1, -0.05) is 12.1 Å². The molecule has 0 aliphatic heterocycles. The molecule has 3 amide bonds. The van der Waals surface area contributed by atoms with Gasteiger partial charge in [0, 0.05) is 30.9 Å². The fourth-order valence-electron chi connectivity index (χ4n) is 3.29. The summed E-state index contributed by atoms with van der Waals surface area (Å²) < 4.78 is 15.1. The molecule has 162 valence electrons. The molecule has 0 bridgehead atoms. The quantitative estimate of drug-likeness (QED) is 0.464. The van der Waals surface area contributed by atoms with E-state index in [4.69, 9.17) is 5.73 Å².